The molecule has 1 unspecified atom stereocenters. The van der Waals surface area contributed by atoms with E-state index < -0.39 is 17.1 Å². The summed E-state index contributed by atoms with van der Waals surface area (Å²) in [6, 6.07) is 8.25. The second-order valence-corrected chi connectivity index (χ2v) is 8.58. The van der Waals surface area contributed by atoms with Crippen molar-refractivity contribution in [1.82, 2.24) is 5.32 Å². The molecule has 0 saturated carbocycles. The number of amides is 1. The molecule has 1 atom stereocenters. The van der Waals surface area contributed by atoms with Crippen LogP contribution in [0.2, 0.25) is 0 Å². The van der Waals surface area contributed by atoms with Crippen molar-refractivity contribution < 1.29 is 14.6 Å². The SMILES string of the molecule is CC(C)C(CO)(CNC(=O)OC(C)(C)C)Cc1ccc(I)cc1. The fraction of sp³-hybridized carbons (Fsp3) is 0.611. The van der Waals surface area contributed by atoms with E-state index in [2.05, 4.69) is 66.0 Å². The lowest BCUT2D eigenvalue weighted by atomic mass is 9.73. The van der Waals surface area contributed by atoms with E-state index in [9.17, 15) is 9.90 Å². The molecule has 1 rings (SSSR count). The Hall–Kier alpha value is -0.820. The van der Waals surface area contributed by atoms with Crippen molar-refractivity contribution in [2.24, 2.45) is 11.3 Å². The van der Waals surface area contributed by atoms with Crippen molar-refractivity contribution in [3.8, 4) is 0 Å². The molecular weight excluding hydrogens is 405 g/mol. The molecule has 0 heterocycles. The average molecular weight is 433 g/mol. The van der Waals surface area contributed by atoms with Crippen LogP contribution < -0.4 is 5.32 Å². The lowest BCUT2D eigenvalue weighted by Gasteiger charge is -2.36. The normalized spacial score (nSPS) is 14.4. The number of hydrogen-bond donors (Lipinski definition) is 2. The minimum Gasteiger partial charge on any atom is -0.444 e. The van der Waals surface area contributed by atoms with Crippen LogP contribution in [0, 0.1) is 14.9 Å². The molecule has 23 heavy (non-hydrogen) atoms. The Balaban J connectivity index is 2.82. The topological polar surface area (TPSA) is 58.6 Å². The summed E-state index contributed by atoms with van der Waals surface area (Å²) in [5.74, 6) is 0.210. The van der Waals surface area contributed by atoms with Gasteiger partial charge in [-0.25, -0.2) is 4.79 Å². The van der Waals surface area contributed by atoms with Gasteiger partial charge in [0.25, 0.3) is 0 Å². The van der Waals surface area contributed by atoms with Gasteiger partial charge in [0.05, 0.1) is 6.61 Å². The van der Waals surface area contributed by atoms with Gasteiger partial charge in [0, 0.05) is 15.5 Å². The predicted molar refractivity (Wildman–Crippen MR) is 101 cm³/mol. The minimum atomic E-state index is -0.528. The van der Waals surface area contributed by atoms with Crippen LogP contribution >= 0.6 is 22.6 Å². The largest absolute Gasteiger partial charge is 0.444 e. The molecule has 0 aliphatic carbocycles. The summed E-state index contributed by atoms with van der Waals surface area (Å²) in [6.45, 7) is 10.0. The highest BCUT2D eigenvalue weighted by Gasteiger charge is 2.34. The van der Waals surface area contributed by atoms with Gasteiger partial charge < -0.3 is 15.2 Å². The molecule has 5 heteroatoms. The van der Waals surface area contributed by atoms with Crippen molar-refractivity contribution in [2.75, 3.05) is 13.2 Å². The van der Waals surface area contributed by atoms with Crippen LogP contribution in [0.25, 0.3) is 0 Å². The number of carbonyl (C=O) groups is 1. The molecule has 4 nitrogen and oxygen atoms in total. The lowest BCUT2D eigenvalue weighted by Crippen LogP contribution is -2.46. The Kier molecular flexibility index (Phi) is 7.32. The van der Waals surface area contributed by atoms with Gasteiger partial charge >= 0.3 is 6.09 Å². The molecule has 0 radical (unpaired) electrons. The maximum Gasteiger partial charge on any atom is 0.407 e. The molecule has 0 aliphatic heterocycles. The van der Waals surface area contributed by atoms with Gasteiger partial charge in [-0.3, -0.25) is 0 Å². The van der Waals surface area contributed by atoms with Crippen LogP contribution in [0.5, 0.6) is 0 Å². The molecule has 0 saturated heterocycles. The zero-order chi connectivity index (χ0) is 17.7. The van der Waals surface area contributed by atoms with Crippen LogP contribution in [-0.2, 0) is 11.2 Å². The van der Waals surface area contributed by atoms with Gasteiger partial charge in [-0.15, -0.1) is 0 Å². The van der Waals surface area contributed by atoms with Crippen molar-refractivity contribution in [1.29, 1.82) is 0 Å². The number of aliphatic hydroxyl groups is 1. The predicted octanol–water partition coefficient (Wildman–Crippen LogP) is 3.99. The van der Waals surface area contributed by atoms with E-state index in [4.69, 9.17) is 4.74 Å². The fourth-order valence-corrected chi connectivity index (χ4v) is 2.70. The number of aliphatic hydroxyl groups excluding tert-OH is 1. The highest BCUT2D eigenvalue weighted by atomic mass is 127. The van der Waals surface area contributed by atoms with E-state index >= 15 is 0 Å². The maximum atomic E-state index is 11.9. The first-order valence-corrected chi connectivity index (χ1v) is 8.98. The third-order valence-corrected chi connectivity index (χ3v) is 4.71. The number of nitrogens with one attached hydrogen (secondary N) is 1. The number of rotatable bonds is 6. The summed E-state index contributed by atoms with van der Waals surface area (Å²) >= 11 is 2.27. The number of hydrogen-bond acceptors (Lipinski definition) is 3. The van der Waals surface area contributed by atoms with Crippen LogP contribution in [0.1, 0.15) is 40.2 Å². The molecule has 0 aromatic heterocycles. The molecule has 1 amide bonds. The van der Waals surface area contributed by atoms with E-state index in [0.717, 1.165) is 5.56 Å². The fourth-order valence-electron chi connectivity index (χ4n) is 2.34. The molecule has 0 aliphatic rings. The lowest BCUT2D eigenvalue weighted by molar-refractivity contribution is 0.0394. The molecule has 0 fully saturated rings. The zero-order valence-corrected chi connectivity index (χ0v) is 16.8. The molecule has 130 valence electrons. The van der Waals surface area contributed by atoms with Gasteiger partial charge in [-0.1, -0.05) is 26.0 Å². The quantitative estimate of drug-likeness (QED) is 0.667. The molecule has 1 aromatic rings. The molecule has 0 bridgehead atoms. The van der Waals surface area contributed by atoms with E-state index in [-0.39, 0.29) is 12.5 Å². The van der Waals surface area contributed by atoms with Crippen molar-refractivity contribution in [3.63, 3.8) is 0 Å². The van der Waals surface area contributed by atoms with Crippen molar-refractivity contribution in [2.45, 2.75) is 46.6 Å². The van der Waals surface area contributed by atoms with Crippen LogP contribution in [0.3, 0.4) is 0 Å². The summed E-state index contributed by atoms with van der Waals surface area (Å²) < 4.78 is 6.47. The summed E-state index contributed by atoms with van der Waals surface area (Å²) in [6.07, 6.45) is 0.257. The van der Waals surface area contributed by atoms with Crippen LogP contribution in [0.15, 0.2) is 24.3 Å². The summed E-state index contributed by atoms with van der Waals surface area (Å²) in [4.78, 5) is 11.9. The molecular formula is C18H28INO3. The van der Waals surface area contributed by atoms with E-state index in [0.29, 0.717) is 13.0 Å². The smallest absolute Gasteiger partial charge is 0.407 e. The van der Waals surface area contributed by atoms with Gasteiger partial charge in [0.1, 0.15) is 5.60 Å². The number of halogens is 1. The minimum absolute atomic E-state index is 0.00640. The molecule has 0 spiro atoms. The van der Waals surface area contributed by atoms with Crippen LogP contribution in [0.4, 0.5) is 4.79 Å². The Morgan fingerprint density at radius 1 is 1.26 bits per heavy atom. The molecule has 1 aromatic carbocycles. The van der Waals surface area contributed by atoms with E-state index in [1.807, 2.05) is 20.8 Å². The third kappa shape index (κ3) is 6.67. The Morgan fingerprint density at radius 2 is 1.83 bits per heavy atom. The standard InChI is InChI=1S/C18H28INO3/c1-13(2)18(12-21,10-14-6-8-15(19)9-7-14)11-20-16(22)23-17(3,4)5/h6-9,13,21H,10-12H2,1-5H3,(H,20,22). The second kappa shape index (κ2) is 8.33. The monoisotopic (exact) mass is 433 g/mol. The third-order valence-electron chi connectivity index (χ3n) is 3.99. The van der Waals surface area contributed by atoms with Gasteiger partial charge in [0.15, 0.2) is 0 Å². The number of carbonyl (C=O) groups excluding carboxylic acids is 1. The Morgan fingerprint density at radius 3 is 2.26 bits per heavy atom. The number of benzene rings is 1. The second-order valence-electron chi connectivity index (χ2n) is 7.33. The van der Waals surface area contributed by atoms with Gasteiger partial charge in [-0.2, -0.15) is 0 Å². The maximum absolute atomic E-state index is 11.9. The van der Waals surface area contributed by atoms with Crippen molar-refractivity contribution >= 4 is 28.7 Å². The van der Waals surface area contributed by atoms with Gasteiger partial charge in [0.2, 0.25) is 0 Å². The highest BCUT2D eigenvalue weighted by molar-refractivity contribution is 14.1. The summed E-state index contributed by atoms with van der Waals surface area (Å²) in [5, 5.41) is 12.8. The van der Waals surface area contributed by atoms with E-state index in [1.54, 1.807) is 0 Å². The Labute approximate surface area is 153 Å². The summed E-state index contributed by atoms with van der Waals surface area (Å²) in [7, 11) is 0. The number of ether oxygens (including phenoxy) is 1. The first-order valence-electron chi connectivity index (χ1n) is 7.90. The summed E-state index contributed by atoms with van der Waals surface area (Å²) in [5.41, 5.74) is 0.211. The zero-order valence-electron chi connectivity index (χ0n) is 14.6. The first-order chi connectivity index (χ1) is 10.6. The number of alkyl carbamates (subject to hydrolysis) is 1. The molecule has 2 N–H and O–H groups in total. The van der Waals surface area contributed by atoms with Gasteiger partial charge in [-0.05, 0) is 73.4 Å². The highest BCUT2D eigenvalue weighted by Crippen LogP contribution is 2.31. The van der Waals surface area contributed by atoms with Crippen LogP contribution in [-0.4, -0.2) is 30.0 Å². The van der Waals surface area contributed by atoms with E-state index in [1.165, 1.54) is 3.57 Å². The first kappa shape index (κ1) is 20.2. The Bertz CT molecular complexity index is 508. The van der Waals surface area contributed by atoms with Crippen molar-refractivity contribution in [3.05, 3.63) is 33.4 Å². The average Bonchev–Trinajstić information content (AvgIpc) is 2.43.